The van der Waals surface area contributed by atoms with Gasteiger partial charge in [-0.2, -0.15) is 0 Å². The SMILES string of the molecule is OC(CC1OCCO1)c1cnnn1-c1ccccc1. The Labute approximate surface area is 110 Å². The van der Waals surface area contributed by atoms with Gasteiger partial charge in [0, 0.05) is 6.42 Å². The van der Waals surface area contributed by atoms with Crippen LogP contribution in [0.2, 0.25) is 0 Å². The summed E-state index contributed by atoms with van der Waals surface area (Å²) in [4.78, 5) is 0. The molecular formula is C13H15N3O3. The molecule has 0 amide bonds. The fraction of sp³-hybridized carbons (Fsp3) is 0.385. The predicted octanol–water partition coefficient (Wildman–Crippen LogP) is 1.06. The van der Waals surface area contributed by atoms with Gasteiger partial charge in [0.2, 0.25) is 0 Å². The lowest BCUT2D eigenvalue weighted by Crippen LogP contribution is -2.15. The first-order valence-corrected chi connectivity index (χ1v) is 6.22. The molecule has 3 rings (SSSR count). The van der Waals surface area contributed by atoms with E-state index in [0.717, 1.165) is 5.69 Å². The fourth-order valence-electron chi connectivity index (χ4n) is 2.09. The molecule has 1 aliphatic rings. The van der Waals surface area contributed by atoms with Gasteiger partial charge in [-0.25, -0.2) is 4.68 Å². The van der Waals surface area contributed by atoms with E-state index < -0.39 is 6.10 Å². The lowest BCUT2D eigenvalue weighted by Gasteiger charge is -2.15. The van der Waals surface area contributed by atoms with Crippen LogP contribution in [-0.4, -0.2) is 39.6 Å². The summed E-state index contributed by atoms with van der Waals surface area (Å²) in [6.07, 6.45) is 0.861. The molecule has 0 aliphatic carbocycles. The summed E-state index contributed by atoms with van der Waals surface area (Å²) >= 11 is 0. The van der Waals surface area contributed by atoms with Crippen LogP contribution in [0.15, 0.2) is 36.5 Å². The standard InChI is InChI=1S/C13H15N3O3/c17-12(8-13-18-6-7-19-13)11-9-14-15-16(11)10-4-2-1-3-5-10/h1-5,9,12-13,17H,6-8H2. The Morgan fingerprint density at radius 2 is 2.00 bits per heavy atom. The average Bonchev–Trinajstić information content (AvgIpc) is 3.10. The summed E-state index contributed by atoms with van der Waals surface area (Å²) < 4.78 is 12.3. The smallest absolute Gasteiger partial charge is 0.160 e. The molecule has 1 aromatic heterocycles. The number of aliphatic hydroxyl groups excluding tert-OH is 1. The van der Waals surface area contributed by atoms with Crippen LogP contribution in [0.4, 0.5) is 0 Å². The topological polar surface area (TPSA) is 69.4 Å². The first kappa shape index (κ1) is 12.3. The highest BCUT2D eigenvalue weighted by molar-refractivity contribution is 5.31. The summed E-state index contributed by atoms with van der Waals surface area (Å²) in [6, 6.07) is 9.57. The minimum Gasteiger partial charge on any atom is -0.387 e. The lowest BCUT2D eigenvalue weighted by molar-refractivity contribution is -0.0716. The molecule has 1 aliphatic heterocycles. The van der Waals surface area contributed by atoms with Crippen molar-refractivity contribution in [1.82, 2.24) is 15.0 Å². The highest BCUT2D eigenvalue weighted by Crippen LogP contribution is 2.23. The van der Waals surface area contributed by atoms with Crippen LogP contribution in [0.1, 0.15) is 18.2 Å². The van der Waals surface area contributed by atoms with Gasteiger partial charge in [0.15, 0.2) is 6.29 Å². The lowest BCUT2D eigenvalue weighted by atomic mass is 10.2. The van der Waals surface area contributed by atoms with E-state index in [1.807, 2.05) is 30.3 Å². The molecule has 0 radical (unpaired) electrons. The van der Waals surface area contributed by atoms with E-state index in [9.17, 15) is 5.11 Å². The minimum atomic E-state index is -0.724. The molecule has 2 heterocycles. The van der Waals surface area contributed by atoms with E-state index in [1.54, 1.807) is 10.9 Å². The van der Waals surface area contributed by atoms with Gasteiger partial charge in [0.05, 0.1) is 30.8 Å². The molecule has 6 heteroatoms. The Morgan fingerprint density at radius 1 is 1.26 bits per heavy atom. The summed E-state index contributed by atoms with van der Waals surface area (Å²) in [5.41, 5.74) is 1.49. The predicted molar refractivity (Wildman–Crippen MR) is 66.6 cm³/mol. The molecule has 1 saturated heterocycles. The zero-order valence-corrected chi connectivity index (χ0v) is 10.3. The van der Waals surface area contributed by atoms with Crippen LogP contribution >= 0.6 is 0 Å². The number of hydrogen-bond donors (Lipinski definition) is 1. The quantitative estimate of drug-likeness (QED) is 0.891. The third-order valence-corrected chi connectivity index (χ3v) is 3.02. The van der Waals surface area contributed by atoms with E-state index >= 15 is 0 Å². The summed E-state index contributed by atoms with van der Waals surface area (Å²) in [5.74, 6) is 0. The van der Waals surface area contributed by atoms with Gasteiger partial charge in [-0.3, -0.25) is 0 Å². The Balaban J connectivity index is 1.79. The van der Waals surface area contributed by atoms with Gasteiger partial charge in [0.25, 0.3) is 0 Å². The van der Waals surface area contributed by atoms with Crippen molar-refractivity contribution in [3.05, 3.63) is 42.2 Å². The molecule has 6 nitrogen and oxygen atoms in total. The molecule has 100 valence electrons. The molecule has 0 spiro atoms. The van der Waals surface area contributed by atoms with Crippen LogP contribution in [0.3, 0.4) is 0 Å². The fourth-order valence-corrected chi connectivity index (χ4v) is 2.09. The summed E-state index contributed by atoms with van der Waals surface area (Å²) in [7, 11) is 0. The van der Waals surface area contributed by atoms with Crippen molar-refractivity contribution in [2.24, 2.45) is 0 Å². The number of benzene rings is 1. The Hall–Kier alpha value is -1.76. The van der Waals surface area contributed by atoms with E-state index in [0.29, 0.717) is 25.3 Å². The van der Waals surface area contributed by atoms with Gasteiger partial charge in [-0.1, -0.05) is 23.4 Å². The molecule has 0 saturated carbocycles. The average molecular weight is 261 g/mol. The van der Waals surface area contributed by atoms with Crippen molar-refractivity contribution in [3.8, 4) is 5.69 Å². The van der Waals surface area contributed by atoms with Crippen LogP contribution in [-0.2, 0) is 9.47 Å². The number of rotatable bonds is 4. The molecule has 1 N–H and O–H groups in total. The monoisotopic (exact) mass is 261 g/mol. The van der Waals surface area contributed by atoms with Crippen molar-refractivity contribution >= 4 is 0 Å². The number of hydrogen-bond acceptors (Lipinski definition) is 5. The molecule has 0 bridgehead atoms. The van der Waals surface area contributed by atoms with Crippen LogP contribution in [0.5, 0.6) is 0 Å². The number of aliphatic hydroxyl groups is 1. The molecule has 1 atom stereocenters. The highest BCUT2D eigenvalue weighted by Gasteiger charge is 2.24. The van der Waals surface area contributed by atoms with Gasteiger partial charge in [-0.05, 0) is 12.1 Å². The van der Waals surface area contributed by atoms with Gasteiger partial charge < -0.3 is 14.6 Å². The van der Waals surface area contributed by atoms with E-state index in [1.165, 1.54) is 0 Å². The number of aromatic nitrogens is 3. The van der Waals surface area contributed by atoms with Gasteiger partial charge in [0.1, 0.15) is 6.10 Å². The summed E-state index contributed by atoms with van der Waals surface area (Å²) in [6.45, 7) is 1.15. The maximum absolute atomic E-state index is 10.3. The van der Waals surface area contributed by atoms with Crippen molar-refractivity contribution in [3.63, 3.8) is 0 Å². The number of nitrogens with zero attached hydrogens (tertiary/aromatic N) is 3. The van der Waals surface area contributed by atoms with E-state index in [4.69, 9.17) is 9.47 Å². The molecular weight excluding hydrogens is 246 g/mol. The van der Waals surface area contributed by atoms with Crippen molar-refractivity contribution < 1.29 is 14.6 Å². The summed E-state index contributed by atoms with van der Waals surface area (Å²) in [5, 5.41) is 18.1. The molecule has 1 aromatic carbocycles. The zero-order valence-electron chi connectivity index (χ0n) is 10.3. The third-order valence-electron chi connectivity index (χ3n) is 3.02. The Bertz CT molecular complexity index is 523. The minimum absolute atomic E-state index is 0.353. The second kappa shape index (κ2) is 5.48. The molecule has 1 unspecified atom stereocenters. The molecule has 19 heavy (non-hydrogen) atoms. The van der Waals surface area contributed by atoms with Crippen LogP contribution in [0.25, 0.3) is 5.69 Å². The first-order valence-electron chi connectivity index (χ1n) is 6.22. The zero-order chi connectivity index (χ0) is 13.1. The maximum atomic E-state index is 10.3. The highest BCUT2D eigenvalue weighted by atomic mass is 16.7. The van der Waals surface area contributed by atoms with Crippen LogP contribution in [0, 0.1) is 0 Å². The largest absolute Gasteiger partial charge is 0.387 e. The number of para-hydroxylation sites is 1. The second-order valence-corrected chi connectivity index (χ2v) is 4.33. The Morgan fingerprint density at radius 3 is 2.74 bits per heavy atom. The van der Waals surface area contributed by atoms with Crippen molar-refractivity contribution in [1.29, 1.82) is 0 Å². The van der Waals surface area contributed by atoms with Crippen molar-refractivity contribution in [2.45, 2.75) is 18.8 Å². The van der Waals surface area contributed by atoms with Gasteiger partial charge >= 0.3 is 0 Å². The second-order valence-electron chi connectivity index (χ2n) is 4.33. The molecule has 2 aromatic rings. The van der Waals surface area contributed by atoms with E-state index in [-0.39, 0.29) is 6.29 Å². The van der Waals surface area contributed by atoms with E-state index in [2.05, 4.69) is 10.3 Å². The Kier molecular flexibility index (Phi) is 3.54. The third kappa shape index (κ3) is 2.65. The number of ether oxygens (including phenoxy) is 2. The van der Waals surface area contributed by atoms with Crippen molar-refractivity contribution in [2.75, 3.05) is 13.2 Å². The van der Waals surface area contributed by atoms with Crippen LogP contribution < -0.4 is 0 Å². The molecule has 1 fully saturated rings. The van der Waals surface area contributed by atoms with Gasteiger partial charge in [-0.15, -0.1) is 5.10 Å². The first-order chi connectivity index (χ1) is 9.34. The normalized spacial score (nSPS) is 17.7. The maximum Gasteiger partial charge on any atom is 0.160 e.